The number of aromatic nitrogens is 2. The van der Waals surface area contributed by atoms with Gasteiger partial charge in [-0.1, -0.05) is 36.4 Å². The largest absolute Gasteiger partial charge is 0.454 e. The Bertz CT molecular complexity index is 1730. The molecule has 7 heteroatoms. The Labute approximate surface area is 266 Å². The van der Waals surface area contributed by atoms with Crippen molar-refractivity contribution in [2.75, 3.05) is 4.90 Å². The molecule has 7 rings (SSSR count). The second-order valence-corrected chi connectivity index (χ2v) is 13.1. The molecule has 0 N–H and O–H groups in total. The SMILES string of the molecule is C[n+]1ccn(C2CCCCC2OC(=O)c2ccc(N(c3ccc(-c4cccs4)cc3)c3ccc(-c4cccs4)cc3)cc2)c1. The van der Waals surface area contributed by atoms with Gasteiger partial charge in [0.25, 0.3) is 0 Å². The first-order valence-electron chi connectivity index (χ1n) is 15.0. The molecule has 0 aliphatic heterocycles. The molecule has 3 heterocycles. The van der Waals surface area contributed by atoms with Crippen LogP contribution in [-0.4, -0.2) is 16.6 Å². The van der Waals surface area contributed by atoms with Gasteiger partial charge in [-0.25, -0.2) is 13.9 Å². The van der Waals surface area contributed by atoms with E-state index in [2.05, 4.69) is 106 Å². The number of esters is 1. The number of benzene rings is 3. The highest BCUT2D eigenvalue weighted by atomic mass is 32.1. The fourth-order valence-corrected chi connectivity index (χ4v) is 7.52. The van der Waals surface area contributed by atoms with Crippen LogP contribution in [-0.2, 0) is 11.8 Å². The van der Waals surface area contributed by atoms with E-state index >= 15 is 0 Å². The highest BCUT2D eigenvalue weighted by Crippen LogP contribution is 2.38. The number of ether oxygens (including phenoxy) is 1. The molecular formula is C37H34N3O2S2+. The van der Waals surface area contributed by atoms with Crippen LogP contribution in [0.4, 0.5) is 17.1 Å². The van der Waals surface area contributed by atoms with Crippen molar-refractivity contribution in [1.29, 1.82) is 0 Å². The van der Waals surface area contributed by atoms with Gasteiger partial charge in [0.2, 0.25) is 6.33 Å². The Balaban J connectivity index is 1.15. The predicted octanol–water partition coefficient (Wildman–Crippen LogP) is 9.58. The van der Waals surface area contributed by atoms with Gasteiger partial charge in [-0.15, -0.1) is 22.7 Å². The predicted molar refractivity (Wildman–Crippen MR) is 180 cm³/mol. The molecule has 3 aromatic carbocycles. The summed E-state index contributed by atoms with van der Waals surface area (Å²) >= 11 is 3.48. The van der Waals surface area contributed by atoms with E-state index in [1.807, 2.05) is 42.1 Å². The van der Waals surface area contributed by atoms with Crippen LogP contribution in [0.15, 0.2) is 127 Å². The highest BCUT2D eigenvalue weighted by Gasteiger charge is 2.33. The van der Waals surface area contributed by atoms with Crippen LogP contribution in [0, 0.1) is 0 Å². The summed E-state index contributed by atoms with van der Waals surface area (Å²) in [4.78, 5) is 18.1. The number of imidazole rings is 1. The smallest absolute Gasteiger partial charge is 0.338 e. The topological polar surface area (TPSA) is 38.4 Å². The van der Waals surface area contributed by atoms with Gasteiger partial charge < -0.3 is 9.64 Å². The van der Waals surface area contributed by atoms with E-state index in [-0.39, 0.29) is 18.1 Å². The van der Waals surface area contributed by atoms with E-state index in [1.54, 1.807) is 22.7 Å². The minimum atomic E-state index is -0.267. The molecule has 1 aliphatic rings. The molecule has 220 valence electrons. The number of carbonyl (C=O) groups is 1. The first-order valence-corrected chi connectivity index (χ1v) is 16.8. The van der Waals surface area contributed by atoms with Gasteiger partial charge in [-0.05, 0) is 108 Å². The van der Waals surface area contributed by atoms with Crippen LogP contribution in [0.5, 0.6) is 0 Å². The van der Waals surface area contributed by atoms with Crippen molar-refractivity contribution in [2.45, 2.75) is 37.8 Å². The van der Waals surface area contributed by atoms with E-state index < -0.39 is 0 Å². The summed E-state index contributed by atoms with van der Waals surface area (Å²) in [6.45, 7) is 0. The number of hydrogen-bond acceptors (Lipinski definition) is 5. The molecule has 3 aromatic heterocycles. The molecule has 1 aliphatic carbocycles. The highest BCUT2D eigenvalue weighted by molar-refractivity contribution is 7.13. The third-order valence-corrected chi connectivity index (χ3v) is 10.2. The lowest BCUT2D eigenvalue weighted by Crippen LogP contribution is -2.33. The standard InChI is InChI=1S/C37H34N3O2S2/c1-38-22-23-39(26-38)33-6-2-3-7-34(33)42-37(41)29-14-20-32(21-15-29)40(30-16-10-27(11-17-30)35-8-4-24-43-35)31-18-12-28(13-19-31)36-9-5-25-44-36/h4-5,8-26,33-34H,2-3,6-7H2,1H3/q+1. The van der Waals surface area contributed by atoms with E-state index in [9.17, 15) is 4.79 Å². The van der Waals surface area contributed by atoms with Crippen molar-refractivity contribution in [3.63, 3.8) is 0 Å². The summed E-state index contributed by atoms with van der Waals surface area (Å²) < 4.78 is 10.4. The van der Waals surface area contributed by atoms with Crippen LogP contribution in [0.3, 0.4) is 0 Å². The Morgan fingerprint density at radius 3 is 1.82 bits per heavy atom. The normalized spacial score (nSPS) is 16.5. The summed E-state index contributed by atoms with van der Waals surface area (Å²) in [7, 11) is 2.02. The Morgan fingerprint density at radius 2 is 1.32 bits per heavy atom. The van der Waals surface area contributed by atoms with Gasteiger partial charge in [0.05, 0.1) is 12.6 Å². The van der Waals surface area contributed by atoms with E-state index in [4.69, 9.17) is 4.74 Å². The maximum Gasteiger partial charge on any atom is 0.338 e. The Morgan fingerprint density at radius 1 is 0.773 bits per heavy atom. The van der Waals surface area contributed by atoms with E-state index in [0.717, 1.165) is 42.7 Å². The fraction of sp³-hybridized carbons (Fsp3) is 0.189. The molecular weight excluding hydrogens is 583 g/mol. The third-order valence-electron chi connectivity index (χ3n) is 8.32. The molecule has 2 unspecified atom stereocenters. The average molecular weight is 617 g/mol. The van der Waals surface area contributed by atoms with E-state index in [0.29, 0.717) is 5.56 Å². The summed E-state index contributed by atoms with van der Waals surface area (Å²) in [5, 5.41) is 4.21. The van der Waals surface area contributed by atoms with Gasteiger partial charge in [0, 0.05) is 26.8 Å². The summed E-state index contributed by atoms with van der Waals surface area (Å²) in [5.74, 6) is -0.267. The number of carbonyl (C=O) groups excluding carboxylic acids is 1. The lowest BCUT2D eigenvalue weighted by Gasteiger charge is -2.29. The fourth-order valence-electron chi connectivity index (χ4n) is 6.06. The van der Waals surface area contributed by atoms with Gasteiger partial charge in [-0.2, -0.15) is 0 Å². The van der Waals surface area contributed by atoms with Crippen molar-refractivity contribution in [2.24, 2.45) is 7.05 Å². The number of nitrogens with zero attached hydrogens (tertiary/aromatic N) is 3. The molecule has 1 saturated carbocycles. The molecule has 0 radical (unpaired) electrons. The lowest BCUT2D eigenvalue weighted by atomic mass is 9.92. The van der Waals surface area contributed by atoms with Crippen molar-refractivity contribution in [3.05, 3.63) is 132 Å². The maximum atomic E-state index is 13.4. The first-order chi connectivity index (χ1) is 21.6. The molecule has 6 aromatic rings. The zero-order valence-corrected chi connectivity index (χ0v) is 26.2. The Kier molecular flexibility index (Phi) is 8.14. The molecule has 1 fully saturated rings. The molecule has 5 nitrogen and oxygen atoms in total. The maximum absolute atomic E-state index is 13.4. The molecule has 0 amide bonds. The van der Waals surface area contributed by atoms with Gasteiger partial charge in [-0.3, -0.25) is 0 Å². The number of rotatable bonds is 8. The molecule has 44 heavy (non-hydrogen) atoms. The lowest BCUT2D eigenvalue weighted by molar-refractivity contribution is -0.671. The number of aryl methyl sites for hydroxylation is 1. The zero-order chi connectivity index (χ0) is 29.9. The number of anilines is 3. The van der Waals surface area contributed by atoms with Crippen molar-refractivity contribution in [1.82, 2.24) is 4.57 Å². The van der Waals surface area contributed by atoms with Crippen LogP contribution >= 0.6 is 22.7 Å². The average Bonchev–Trinajstić information content (AvgIpc) is 3.87. The van der Waals surface area contributed by atoms with Gasteiger partial charge in [0.15, 0.2) is 0 Å². The van der Waals surface area contributed by atoms with Crippen LogP contribution in [0.25, 0.3) is 20.9 Å². The Hall–Kier alpha value is -4.46. The quantitative estimate of drug-likeness (QED) is 0.126. The number of thiophene rings is 2. The molecule has 0 bridgehead atoms. The van der Waals surface area contributed by atoms with Crippen LogP contribution in [0.1, 0.15) is 42.1 Å². The van der Waals surface area contributed by atoms with Crippen molar-refractivity contribution >= 4 is 45.7 Å². The monoisotopic (exact) mass is 616 g/mol. The molecule has 2 atom stereocenters. The van der Waals surface area contributed by atoms with Crippen molar-refractivity contribution < 1.29 is 14.1 Å². The molecule has 0 saturated heterocycles. The van der Waals surface area contributed by atoms with Crippen molar-refractivity contribution in [3.8, 4) is 20.9 Å². The first kappa shape index (κ1) is 28.3. The zero-order valence-electron chi connectivity index (χ0n) is 24.6. The minimum absolute atomic E-state index is 0.136. The summed E-state index contributed by atoms with van der Waals surface area (Å²) in [5.41, 5.74) is 6.04. The second-order valence-electron chi connectivity index (χ2n) is 11.3. The second kappa shape index (κ2) is 12.6. The minimum Gasteiger partial charge on any atom is -0.454 e. The van der Waals surface area contributed by atoms with Crippen LogP contribution < -0.4 is 9.47 Å². The number of hydrogen-bond donors (Lipinski definition) is 0. The summed E-state index contributed by atoms with van der Waals surface area (Å²) in [6.07, 6.45) is 10.2. The van der Waals surface area contributed by atoms with E-state index in [1.165, 1.54) is 20.9 Å². The third kappa shape index (κ3) is 5.98. The van der Waals surface area contributed by atoms with Crippen LogP contribution in [0.2, 0.25) is 0 Å². The van der Waals surface area contributed by atoms with Gasteiger partial charge >= 0.3 is 5.97 Å². The molecule has 0 spiro atoms. The van der Waals surface area contributed by atoms with Gasteiger partial charge in [0.1, 0.15) is 24.5 Å². The summed E-state index contributed by atoms with van der Waals surface area (Å²) in [6, 6.07) is 33.8.